The van der Waals surface area contributed by atoms with Crippen molar-refractivity contribution in [2.45, 2.75) is 32.7 Å². The summed E-state index contributed by atoms with van der Waals surface area (Å²) in [4.78, 5) is 29.0. The maximum Gasteiger partial charge on any atom is 0.328 e. The second-order valence-corrected chi connectivity index (χ2v) is 9.07. The molecule has 1 saturated heterocycles. The number of anilines is 2. The number of carbonyl (C=O) groups excluding carboxylic acids is 2. The third-order valence-electron chi connectivity index (χ3n) is 6.35. The summed E-state index contributed by atoms with van der Waals surface area (Å²) < 4.78 is 11.8. The van der Waals surface area contributed by atoms with Crippen LogP contribution in [0, 0.1) is 5.92 Å². The molecule has 1 fully saturated rings. The summed E-state index contributed by atoms with van der Waals surface area (Å²) >= 11 is 0. The molecule has 0 radical (unpaired) electrons. The van der Waals surface area contributed by atoms with Crippen LogP contribution < -0.4 is 19.9 Å². The van der Waals surface area contributed by atoms with E-state index in [1.807, 2.05) is 44.2 Å². The molecule has 0 aliphatic carbocycles. The van der Waals surface area contributed by atoms with Gasteiger partial charge >= 0.3 is 5.97 Å². The van der Waals surface area contributed by atoms with Gasteiger partial charge in [0.25, 0.3) is 0 Å². The fourth-order valence-electron chi connectivity index (χ4n) is 4.24. The van der Waals surface area contributed by atoms with Crippen LogP contribution in [0.2, 0.25) is 0 Å². The van der Waals surface area contributed by atoms with E-state index >= 15 is 0 Å². The highest BCUT2D eigenvalue weighted by molar-refractivity contribution is 5.84. The highest BCUT2D eigenvalue weighted by atomic mass is 16.5. The first-order valence-corrected chi connectivity index (χ1v) is 12.1. The Labute approximate surface area is 210 Å². The molecule has 11 nitrogen and oxygen atoms in total. The highest BCUT2D eigenvalue weighted by Gasteiger charge is 2.25. The van der Waals surface area contributed by atoms with Crippen LogP contribution in [0.5, 0.6) is 5.75 Å². The summed E-state index contributed by atoms with van der Waals surface area (Å²) in [6.45, 7) is 7.07. The molecule has 2 aromatic heterocycles. The number of aryl methyl sites for hydroxylation is 1. The molecule has 11 heteroatoms. The van der Waals surface area contributed by atoms with E-state index < -0.39 is 12.0 Å². The average molecular weight is 496 g/mol. The van der Waals surface area contributed by atoms with Gasteiger partial charge in [-0.2, -0.15) is 4.52 Å². The molecule has 4 rings (SSSR count). The van der Waals surface area contributed by atoms with Crippen LogP contribution in [0.1, 0.15) is 26.1 Å². The van der Waals surface area contributed by atoms with E-state index in [0.717, 1.165) is 43.4 Å². The summed E-state index contributed by atoms with van der Waals surface area (Å²) in [6, 6.07) is 11.2. The lowest BCUT2D eigenvalue weighted by molar-refractivity contribution is -0.146. The lowest BCUT2D eigenvalue weighted by Gasteiger charge is -2.36. The SMILES string of the molecule is COC(=O)[C@H](NC(=O)CCc1nnc2ccc(N3CCN(c4cccc(OC)c4)CC3)nn12)C(C)C. The Kier molecular flexibility index (Phi) is 7.87. The first kappa shape index (κ1) is 25.2. The molecule has 192 valence electrons. The number of fused-ring (bicyclic) bond motifs is 1. The van der Waals surface area contributed by atoms with Crippen molar-refractivity contribution in [3.63, 3.8) is 0 Å². The number of hydrogen-bond acceptors (Lipinski definition) is 9. The van der Waals surface area contributed by atoms with Gasteiger partial charge < -0.3 is 24.6 Å². The molecule has 3 aromatic rings. The first-order chi connectivity index (χ1) is 17.4. The Morgan fingerprint density at radius 3 is 2.47 bits per heavy atom. The van der Waals surface area contributed by atoms with Crippen molar-refractivity contribution < 1.29 is 19.1 Å². The monoisotopic (exact) mass is 495 g/mol. The summed E-state index contributed by atoms with van der Waals surface area (Å²) in [5, 5.41) is 15.9. The van der Waals surface area contributed by atoms with Gasteiger partial charge in [0.15, 0.2) is 11.5 Å². The van der Waals surface area contributed by atoms with Gasteiger partial charge in [0.1, 0.15) is 17.6 Å². The lowest BCUT2D eigenvalue weighted by Crippen LogP contribution is -2.47. The Morgan fingerprint density at radius 1 is 1.03 bits per heavy atom. The van der Waals surface area contributed by atoms with Gasteiger partial charge in [-0.15, -0.1) is 15.3 Å². The molecule has 3 heterocycles. The molecule has 1 aromatic carbocycles. The zero-order valence-corrected chi connectivity index (χ0v) is 21.2. The largest absolute Gasteiger partial charge is 0.497 e. The molecule has 0 spiro atoms. The predicted molar refractivity (Wildman–Crippen MR) is 135 cm³/mol. The number of amides is 1. The van der Waals surface area contributed by atoms with Crippen LogP contribution in [-0.4, -0.2) is 78.1 Å². The molecule has 1 atom stereocenters. The van der Waals surface area contributed by atoms with E-state index in [1.54, 1.807) is 11.6 Å². The minimum atomic E-state index is -0.682. The summed E-state index contributed by atoms with van der Waals surface area (Å²) in [7, 11) is 2.99. The number of esters is 1. The fourth-order valence-corrected chi connectivity index (χ4v) is 4.24. The average Bonchev–Trinajstić information content (AvgIpc) is 3.32. The molecule has 1 amide bonds. The molecule has 1 N–H and O–H groups in total. The Hall–Kier alpha value is -3.89. The molecule has 1 aliphatic heterocycles. The smallest absolute Gasteiger partial charge is 0.328 e. The number of aromatic nitrogens is 4. The second kappa shape index (κ2) is 11.2. The number of benzene rings is 1. The lowest BCUT2D eigenvalue weighted by atomic mass is 10.0. The van der Waals surface area contributed by atoms with E-state index in [2.05, 4.69) is 31.4 Å². The van der Waals surface area contributed by atoms with E-state index in [1.165, 1.54) is 7.11 Å². The number of hydrogen-bond donors (Lipinski definition) is 1. The molecular formula is C25H33N7O4. The van der Waals surface area contributed by atoms with Gasteiger partial charge in [-0.05, 0) is 30.2 Å². The molecule has 0 bridgehead atoms. The van der Waals surface area contributed by atoms with Crippen molar-refractivity contribution in [1.82, 2.24) is 25.1 Å². The number of ether oxygens (including phenoxy) is 2. The van der Waals surface area contributed by atoms with Crippen molar-refractivity contribution >= 4 is 29.0 Å². The number of carbonyl (C=O) groups is 2. The normalized spacial score (nSPS) is 14.7. The van der Waals surface area contributed by atoms with E-state index in [4.69, 9.17) is 14.6 Å². The molecule has 0 saturated carbocycles. The van der Waals surface area contributed by atoms with Crippen LogP contribution in [0.4, 0.5) is 11.5 Å². The second-order valence-electron chi connectivity index (χ2n) is 9.07. The third-order valence-corrected chi connectivity index (χ3v) is 6.35. The summed E-state index contributed by atoms with van der Waals surface area (Å²) in [6.07, 6.45) is 0.505. The standard InChI is InChI=1S/C25H33N7O4/c1-17(2)24(25(34)36-4)26-23(33)11-10-21-28-27-20-8-9-22(29-32(20)21)31-14-12-30(13-15-31)18-6-5-7-19(16-18)35-3/h5-9,16-17,24H,10-15H2,1-4H3,(H,26,33)/t24-/m1/s1. The van der Waals surface area contributed by atoms with Crippen LogP contribution >= 0.6 is 0 Å². The Bertz CT molecular complexity index is 1200. The van der Waals surface area contributed by atoms with Crippen molar-refractivity contribution in [2.75, 3.05) is 50.2 Å². The quantitative estimate of drug-likeness (QED) is 0.443. The summed E-state index contributed by atoms with van der Waals surface area (Å²) in [5.74, 6) is 1.50. The molecular weight excluding hydrogens is 462 g/mol. The number of methoxy groups -OCH3 is 2. The number of piperazine rings is 1. The fraction of sp³-hybridized carbons (Fsp3) is 0.480. The third kappa shape index (κ3) is 5.67. The first-order valence-electron chi connectivity index (χ1n) is 12.1. The number of rotatable bonds is 9. The van der Waals surface area contributed by atoms with Crippen LogP contribution in [0.25, 0.3) is 5.65 Å². The van der Waals surface area contributed by atoms with Gasteiger partial charge in [0.2, 0.25) is 5.91 Å². The minimum Gasteiger partial charge on any atom is -0.497 e. The number of nitrogens with zero attached hydrogens (tertiary/aromatic N) is 6. The Balaban J connectivity index is 1.39. The van der Waals surface area contributed by atoms with Gasteiger partial charge in [0, 0.05) is 50.8 Å². The van der Waals surface area contributed by atoms with Gasteiger partial charge in [-0.3, -0.25) is 4.79 Å². The van der Waals surface area contributed by atoms with Crippen molar-refractivity contribution in [3.05, 3.63) is 42.2 Å². The van der Waals surface area contributed by atoms with E-state index in [-0.39, 0.29) is 18.2 Å². The van der Waals surface area contributed by atoms with Crippen molar-refractivity contribution in [2.24, 2.45) is 5.92 Å². The maximum atomic E-state index is 12.5. The zero-order valence-electron chi connectivity index (χ0n) is 21.2. The predicted octanol–water partition coefficient (Wildman–Crippen LogP) is 1.71. The topological polar surface area (TPSA) is 114 Å². The number of nitrogens with one attached hydrogen (secondary N) is 1. The molecule has 36 heavy (non-hydrogen) atoms. The van der Waals surface area contributed by atoms with Crippen LogP contribution in [0.15, 0.2) is 36.4 Å². The maximum absolute atomic E-state index is 12.5. The molecule has 1 aliphatic rings. The van der Waals surface area contributed by atoms with Gasteiger partial charge in [-0.1, -0.05) is 19.9 Å². The highest BCUT2D eigenvalue weighted by Crippen LogP contribution is 2.23. The van der Waals surface area contributed by atoms with E-state index in [9.17, 15) is 9.59 Å². The van der Waals surface area contributed by atoms with E-state index in [0.29, 0.717) is 17.9 Å². The minimum absolute atomic E-state index is 0.0797. The van der Waals surface area contributed by atoms with Gasteiger partial charge in [0.05, 0.1) is 14.2 Å². The van der Waals surface area contributed by atoms with Crippen molar-refractivity contribution in [1.29, 1.82) is 0 Å². The zero-order chi connectivity index (χ0) is 25.7. The van der Waals surface area contributed by atoms with Gasteiger partial charge in [-0.25, -0.2) is 4.79 Å². The summed E-state index contributed by atoms with van der Waals surface area (Å²) in [5.41, 5.74) is 1.77. The van der Waals surface area contributed by atoms with Crippen LogP contribution in [0.3, 0.4) is 0 Å². The Morgan fingerprint density at radius 2 is 1.78 bits per heavy atom. The van der Waals surface area contributed by atoms with Crippen molar-refractivity contribution in [3.8, 4) is 5.75 Å². The van der Waals surface area contributed by atoms with Crippen LogP contribution in [-0.2, 0) is 20.7 Å². The molecule has 0 unspecified atom stereocenters.